The summed E-state index contributed by atoms with van der Waals surface area (Å²) in [5.74, 6) is -0.374. The summed E-state index contributed by atoms with van der Waals surface area (Å²) >= 11 is 11.9. The minimum absolute atomic E-state index is 0.153. The molecule has 6 heteroatoms. The average Bonchev–Trinajstić information content (AvgIpc) is 2.40. The number of rotatable bonds is 2. The standard InChI is InChI=1S/C15H16Cl2N2O2/c1-15(2)14(21)18-7-8-19(15)13(20)6-4-10-3-5-11(16)9-12(10)17/h3-6,9H,7-8H2,1-2H3,(H,18,21). The van der Waals surface area contributed by atoms with Crippen LogP contribution in [0.15, 0.2) is 24.3 Å². The van der Waals surface area contributed by atoms with Gasteiger partial charge in [0.2, 0.25) is 11.8 Å². The van der Waals surface area contributed by atoms with Crippen molar-refractivity contribution < 1.29 is 9.59 Å². The minimum Gasteiger partial charge on any atom is -0.352 e. The van der Waals surface area contributed by atoms with Crippen molar-refractivity contribution in [2.75, 3.05) is 13.1 Å². The fraction of sp³-hybridized carbons (Fsp3) is 0.333. The van der Waals surface area contributed by atoms with Gasteiger partial charge in [0.1, 0.15) is 5.54 Å². The Hall–Kier alpha value is -1.52. The lowest BCUT2D eigenvalue weighted by atomic mass is 9.98. The van der Waals surface area contributed by atoms with Crippen LogP contribution in [-0.2, 0) is 9.59 Å². The highest BCUT2D eigenvalue weighted by atomic mass is 35.5. The van der Waals surface area contributed by atoms with Gasteiger partial charge in [-0.05, 0) is 37.6 Å². The van der Waals surface area contributed by atoms with Gasteiger partial charge >= 0.3 is 0 Å². The molecule has 1 N–H and O–H groups in total. The molecule has 0 aromatic heterocycles. The normalized spacial score (nSPS) is 17.9. The van der Waals surface area contributed by atoms with Gasteiger partial charge in [-0.25, -0.2) is 0 Å². The van der Waals surface area contributed by atoms with Gasteiger partial charge in [0.25, 0.3) is 0 Å². The van der Waals surface area contributed by atoms with Crippen LogP contribution in [0.1, 0.15) is 19.4 Å². The number of halogens is 2. The zero-order valence-corrected chi connectivity index (χ0v) is 13.3. The van der Waals surface area contributed by atoms with E-state index in [1.54, 1.807) is 43.0 Å². The topological polar surface area (TPSA) is 49.4 Å². The molecule has 0 aliphatic carbocycles. The lowest BCUT2D eigenvalue weighted by molar-refractivity contribution is -0.146. The second-order valence-corrected chi connectivity index (χ2v) is 6.15. The molecule has 1 aromatic carbocycles. The van der Waals surface area contributed by atoms with Gasteiger partial charge < -0.3 is 10.2 Å². The maximum Gasteiger partial charge on any atom is 0.247 e. The number of nitrogens with zero attached hydrogens (tertiary/aromatic N) is 1. The second kappa shape index (κ2) is 6.08. The van der Waals surface area contributed by atoms with Crippen LogP contribution < -0.4 is 5.32 Å². The Labute approximate surface area is 133 Å². The van der Waals surface area contributed by atoms with Gasteiger partial charge in [-0.3, -0.25) is 9.59 Å². The molecule has 0 unspecified atom stereocenters. The van der Waals surface area contributed by atoms with Crippen LogP contribution in [0.4, 0.5) is 0 Å². The molecule has 0 saturated carbocycles. The Bertz CT molecular complexity index is 612. The van der Waals surface area contributed by atoms with Gasteiger partial charge in [-0.2, -0.15) is 0 Å². The first-order valence-electron chi connectivity index (χ1n) is 6.55. The fourth-order valence-corrected chi connectivity index (χ4v) is 2.64. The fourth-order valence-electron chi connectivity index (χ4n) is 2.17. The van der Waals surface area contributed by atoms with Crippen molar-refractivity contribution in [3.05, 3.63) is 39.9 Å². The van der Waals surface area contributed by atoms with Crippen molar-refractivity contribution in [1.82, 2.24) is 10.2 Å². The summed E-state index contributed by atoms with van der Waals surface area (Å²) in [4.78, 5) is 25.7. The third-order valence-corrected chi connectivity index (χ3v) is 4.05. The number of carbonyl (C=O) groups is 2. The second-order valence-electron chi connectivity index (χ2n) is 5.30. The van der Waals surface area contributed by atoms with Gasteiger partial charge in [0, 0.05) is 29.2 Å². The van der Waals surface area contributed by atoms with E-state index in [0.717, 1.165) is 0 Å². The molecule has 2 rings (SSSR count). The Kier molecular flexibility index (Phi) is 4.59. The summed E-state index contributed by atoms with van der Waals surface area (Å²) in [7, 11) is 0. The predicted molar refractivity (Wildman–Crippen MR) is 84.3 cm³/mol. The smallest absolute Gasteiger partial charge is 0.247 e. The van der Waals surface area contributed by atoms with Crippen LogP contribution in [0.25, 0.3) is 6.08 Å². The molecule has 2 amide bonds. The van der Waals surface area contributed by atoms with E-state index >= 15 is 0 Å². The van der Waals surface area contributed by atoms with E-state index in [1.165, 1.54) is 6.08 Å². The van der Waals surface area contributed by atoms with Crippen LogP contribution >= 0.6 is 23.2 Å². The molecule has 1 saturated heterocycles. The highest BCUT2D eigenvalue weighted by molar-refractivity contribution is 6.35. The third-order valence-electron chi connectivity index (χ3n) is 3.49. The molecule has 0 radical (unpaired) electrons. The number of carbonyl (C=O) groups excluding carboxylic acids is 2. The molecule has 0 spiro atoms. The first kappa shape index (κ1) is 15.9. The van der Waals surface area contributed by atoms with Crippen molar-refractivity contribution in [1.29, 1.82) is 0 Å². The van der Waals surface area contributed by atoms with Gasteiger partial charge in [-0.1, -0.05) is 29.3 Å². The average molecular weight is 327 g/mol. The molecule has 0 atom stereocenters. The molecule has 4 nitrogen and oxygen atoms in total. The SMILES string of the molecule is CC1(C)C(=O)NCCN1C(=O)C=Cc1ccc(Cl)cc1Cl. The quantitative estimate of drug-likeness (QED) is 0.849. The predicted octanol–water partition coefficient (Wildman–Crippen LogP) is 2.74. The molecule has 1 fully saturated rings. The van der Waals surface area contributed by atoms with Crippen molar-refractivity contribution in [3.8, 4) is 0 Å². The summed E-state index contributed by atoms with van der Waals surface area (Å²) < 4.78 is 0. The maximum atomic E-state index is 12.3. The molecule has 1 aliphatic heterocycles. The van der Waals surface area contributed by atoms with E-state index in [1.807, 2.05) is 0 Å². The van der Waals surface area contributed by atoms with E-state index in [2.05, 4.69) is 5.32 Å². The maximum absolute atomic E-state index is 12.3. The monoisotopic (exact) mass is 326 g/mol. The van der Waals surface area contributed by atoms with E-state index in [9.17, 15) is 9.59 Å². The molecule has 1 heterocycles. The highest BCUT2D eigenvalue weighted by Crippen LogP contribution is 2.23. The summed E-state index contributed by atoms with van der Waals surface area (Å²) in [5.41, 5.74) is -0.155. The molecule has 21 heavy (non-hydrogen) atoms. The molecular formula is C15H16Cl2N2O2. The largest absolute Gasteiger partial charge is 0.352 e. The van der Waals surface area contributed by atoms with Crippen molar-refractivity contribution >= 4 is 41.1 Å². The van der Waals surface area contributed by atoms with Crippen LogP contribution in [0.3, 0.4) is 0 Å². The minimum atomic E-state index is -0.858. The Morgan fingerprint density at radius 3 is 2.76 bits per heavy atom. The highest BCUT2D eigenvalue weighted by Gasteiger charge is 2.39. The molecule has 1 aliphatic rings. The molecule has 0 bridgehead atoms. The van der Waals surface area contributed by atoms with Crippen LogP contribution in [0, 0.1) is 0 Å². The first-order chi connectivity index (χ1) is 9.82. The Morgan fingerprint density at radius 1 is 1.38 bits per heavy atom. The van der Waals surface area contributed by atoms with E-state index in [4.69, 9.17) is 23.2 Å². The lowest BCUT2D eigenvalue weighted by Crippen LogP contribution is -2.63. The number of benzene rings is 1. The van der Waals surface area contributed by atoms with E-state index < -0.39 is 5.54 Å². The Balaban J connectivity index is 2.17. The number of hydrogen-bond acceptors (Lipinski definition) is 2. The first-order valence-corrected chi connectivity index (χ1v) is 7.31. The molecule has 1 aromatic rings. The van der Waals surface area contributed by atoms with Gasteiger partial charge in [-0.15, -0.1) is 0 Å². The summed E-state index contributed by atoms with van der Waals surface area (Å²) in [6.07, 6.45) is 3.05. The van der Waals surface area contributed by atoms with Gasteiger partial charge in [0.05, 0.1) is 0 Å². The third kappa shape index (κ3) is 3.39. The van der Waals surface area contributed by atoms with E-state index in [-0.39, 0.29) is 11.8 Å². The number of amides is 2. The molecule has 112 valence electrons. The van der Waals surface area contributed by atoms with Crippen molar-refractivity contribution in [2.24, 2.45) is 0 Å². The zero-order chi connectivity index (χ0) is 15.6. The van der Waals surface area contributed by atoms with E-state index in [0.29, 0.717) is 28.7 Å². The molecular weight excluding hydrogens is 311 g/mol. The van der Waals surface area contributed by atoms with Crippen molar-refractivity contribution in [2.45, 2.75) is 19.4 Å². The number of piperazine rings is 1. The van der Waals surface area contributed by atoms with Crippen LogP contribution in [0.5, 0.6) is 0 Å². The number of hydrogen-bond donors (Lipinski definition) is 1. The van der Waals surface area contributed by atoms with Crippen molar-refractivity contribution in [3.63, 3.8) is 0 Å². The van der Waals surface area contributed by atoms with Crippen LogP contribution in [-0.4, -0.2) is 35.3 Å². The summed E-state index contributed by atoms with van der Waals surface area (Å²) in [5, 5.41) is 3.77. The summed E-state index contributed by atoms with van der Waals surface area (Å²) in [6, 6.07) is 5.06. The zero-order valence-electron chi connectivity index (χ0n) is 11.8. The van der Waals surface area contributed by atoms with Gasteiger partial charge in [0.15, 0.2) is 0 Å². The summed E-state index contributed by atoms with van der Waals surface area (Å²) in [6.45, 7) is 4.39. The van der Waals surface area contributed by atoms with Crippen LogP contribution in [0.2, 0.25) is 10.0 Å². The lowest BCUT2D eigenvalue weighted by Gasteiger charge is -2.40. The Morgan fingerprint density at radius 2 is 2.10 bits per heavy atom. The number of nitrogens with one attached hydrogen (secondary N) is 1.